The molecule has 2 aromatic rings. The van der Waals surface area contributed by atoms with E-state index in [1.54, 1.807) is 54.8 Å². The monoisotopic (exact) mass is 586 g/mol. The third-order valence-electron chi connectivity index (χ3n) is 6.84. The Balaban J connectivity index is 1.59. The largest absolute Gasteiger partial charge is 0.509 e. The van der Waals surface area contributed by atoms with E-state index in [-0.39, 0.29) is 13.1 Å². The number of imidazole rings is 1. The molecule has 1 saturated heterocycles. The Labute approximate surface area is 246 Å². The van der Waals surface area contributed by atoms with Gasteiger partial charge in [-0.3, -0.25) is 14.6 Å². The number of amides is 1. The molecule has 0 spiro atoms. The smallest absolute Gasteiger partial charge is 0.497 e. The van der Waals surface area contributed by atoms with Crippen LogP contribution in [0, 0.1) is 0 Å². The molecular weight excluding hydrogens is 544 g/mol. The number of likely N-dealkylation sites (tertiary alicyclic amines) is 1. The summed E-state index contributed by atoms with van der Waals surface area (Å²) >= 11 is 0. The SMILES string of the molecule is COc1ccc(C[C@@H]2[C@H](OC(=O)CN3CCn4ccnc4C3)[C@@H](OC(=O)OC(C)(C)C)CN2C(=O)OC(C)(C)C)cc1. The summed E-state index contributed by atoms with van der Waals surface area (Å²) in [4.78, 5) is 47.3. The van der Waals surface area contributed by atoms with Crippen molar-refractivity contribution in [1.29, 1.82) is 0 Å². The number of ether oxygens (including phenoxy) is 5. The topological polar surface area (TPSA) is 122 Å². The molecule has 3 heterocycles. The summed E-state index contributed by atoms with van der Waals surface area (Å²) in [5.74, 6) is 1.06. The Hall–Kier alpha value is -3.80. The van der Waals surface area contributed by atoms with Crippen molar-refractivity contribution in [3.8, 4) is 5.75 Å². The van der Waals surface area contributed by atoms with Crippen LogP contribution in [-0.4, -0.2) is 93.8 Å². The molecule has 12 heteroatoms. The van der Waals surface area contributed by atoms with Crippen molar-refractivity contribution < 1.29 is 38.1 Å². The van der Waals surface area contributed by atoms with E-state index >= 15 is 0 Å². The van der Waals surface area contributed by atoms with E-state index in [4.69, 9.17) is 23.7 Å². The lowest BCUT2D eigenvalue weighted by atomic mass is 10.0. The van der Waals surface area contributed by atoms with E-state index < -0.39 is 47.7 Å². The van der Waals surface area contributed by atoms with Crippen LogP contribution in [0.5, 0.6) is 5.75 Å². The molecule has 0 aliphatic carbocycles. The van der Waals surface area contributed by atoms with Crippen LogP contribution in [0.1, 0.15) is 52.9 Å². The van der Waals surface area contributed by atoms with Crippen molar-refractivity contribution >= 4 is 18.2 Å². The van der Waals surface area contributed by atoms with Gasteiger partial charge in [0.25, 0.3) is 0 Å². The molecular formula is C30H42N4O8. The summed E-state index contributed by atoms with van der Waals surface area (Å²) in [6.45, 7) is 12.4. The van der Waals surface area contributed by atoms with Crippen molar-refractivity contribution in [2.24, 2.45) is 0 Å². The van der Waals surface area contributed by atoms with Crippen molar-refractivity contribution in [1.82, 2.24) is 19.4 Å². The number of esters is 1. The van der Waals surface area contributed by atoms with Gasteiger partial charge in [-0.2, -0.15) is 0 Å². The van der Waals surface area contributed by atoms with Gasteiger partial charge in [0.2, 0.25) is 0 Å². The number of rotatable bonds is 7. The maximum Gasteiger partial charge on any atom is 0.509 e. The fourth-order valence-corrected chi connectivity index (χ4v) is 5.00. The molecule has 4 rings (SSSR count). The summed E-state index contributed by atoms with van der Waals surface area (Å²) in [6, 6.07) is 6.71. The van der Waals surface area contributed by atoms with Crippen LogP contribution in [0.15, 0.2) is 36.7 Å². The van der Waals surface area contributed by atoms with Gasteiger partial charge in [0.15, 0.2) is 12.2 Å². The highest BCUT2D eigenvalue weighted by Crippen LogP contribution is 2.30. The zero-order valence-electron chi connectivity index (χ0n) is 25.5. The number of fused-ring (bicyclic) bond motifs is 1. The quantitative estimate of drug-likeness (QED) is 0.350. The molecule has 0 N–H and O–H groups in total. The van der Waals surface area contributed by atoms with Crippen LogP contribution in [0.2, 0.25) is 0 Å². The normalized spacial score (nSPS) is 20.9. The molecule has 1 amide bonds. The standard InChI is InChI=1S/C30H42N4O8/c1-29(2,3)41-27(36)34-17-23(39-28(37)42-30(4,5)6)26(22(34)16-20-8-10-21(38-7)11-9-20)40-25(35)19-32-14-15-33-13-12-31-24(33)18-32/h8-13,22-23,26H,14-19H2,1-7H3/t22-,23+,26+/m1/s1. The molecule has 0 unspecified atom stereocenters. The minimum atomic E-state index is -0.972. The predicted molar refractivity (Wildman–Crippen MR) is 152 cm³/mol. The first-order valence-corrected chi connectivity index (χ1v) is 14.1. The minimum Gasteiger partial charge on any atom is -0.497 e. The number of carbonyl (C=O) groups excluding carboxylic acids is 3. The Morgan fingerprint density at radius 2 is 1.64 bits per heavy atom. The molecule has 230 valence electrons. The lowest BCUT2D eigenvalue weighted by Crippen LogP contribution is -2.46. The Morgan fingerprint density at radius 3 is 2.29 bits per heavy atom. The maximum atomic E-state index is 13.4. The van der Waals surface area contributed by atoms with Gasteiger partial charge in [0.05, 0.1) is 32.8 Å². The Kier molecular flexibility index (Phi) is 9.34. The fourth-order valence-electron chi connectivity index (χ4n) is 5.00. The molecule has 1 fully saturated rings. The Morgan fingerprint density at radius 1 is 0.952 bits per heavy atom. The number of carbonyl (C=O) groups is 3. The first-order valence-electron chi connectivity index (χ1n) is 14.1. The van der Waals surface area contributed by atoms with Crippen LogP contribution >= 0.6 is 0 Å². The van der Waals surface area contributed by atoms with E-state index in [1.807, 2.05) is 39.9 Å². The average Bonchev–Trinajstić information content (AvgIpc) is 3.47. The summed E-state index contributed by atoms with van der Waals surface area (Å²) < 4.78 is 30.2. The van der Waals surface area contributed by atoms with Crippen LogP contribution in [0.4, 0.5) is 9.59 Å². The maximum absolute atomic E-state index is 13.4. The van der Waals surface area contributed by atoms with Gasteiger partial charge in [-0.15, -0.1) is 0 Å². The number of hydrogen-bond acceptors (Lipinski definition) is 10. The number of hydrogen-bond donors (Lipinski definition) is 0. The molecule has 42 heavy (non-hydrogen) atoms. The minimum absolute atomic E-state index is 0.0181. The van der Waals surface area contributed by atoms with Gasteiger partial charge in [-0.25, -0.2) is 14.6 Å². The van der Waals surface area contributed by atoms with Gasteiger partial charge in [-0.05, 0) is 65.7 Å². The van der Waals surface area contributed by atoms with Crippen LogP contribution in [-0.2, 0) is 43.3 Å². The van der Waals surface area contributed by atoms with Gasteiger partial charge in [0, 0.05) is 25.5 Å². The summed E-state index contributed by atoms with van der Waals surface area (Å²) in [5, 5.41) is 0. The van der Waals surface area contributed by atoms with Gasteiger partial charge >= 0.3 is 18.2 Å². The van der Waals surface area contributed by atoms with E-state index in [0.717, 1.165) is 11.4 Å². The number of benzene rings is 1. The van der Waals surface area contributed by atoms with Crippen LogP contribution in [0.25, 0.3) is 0 Å². The van der Waals surface area contributed by atoms with Crippen LogP contribution < -0.4 is 4.74 Å². The highest BCUT2D eigenvalue weighted by Gasteiger charge is 2.50. The van der Waals surface area contributed by atoms with Gasteiger partial charge in [0.1, 0.15) is 22.8 Å². The van der Waals surface area contributed by atoms with Crippen LogP contribution in [0.3, 0.4) is 0 Å². The second-order valence-electron chi connectivity index (χ2n) is 12.6. The average molecular weight is 587 g/mol. The third-order valence-corrected chi connectivity index (χ3v) is 6.84. The zero-order chi connectivity index (χ0) is 30.7. The first-order chi connectivity index (χ1) is 19.7. The van der Waals surface area contributed by atoms with E-state index in [1.165, 1.54) is 4.90 Å². The predicted octanol–water partition coefficient (Wildman–Crippen LogP) is 3.80. The van der Waals surface area contributed by atoms with Crippen molar-refractivity contribution in [3.63, 3.8) is 0 Å². The summed E-state index contributed by atoms with van der Waals surface area (Å²) in [5.41, 5.74) is -0.691. The second-order valence-corrected chi connectivity index (χ2v) is 12.6. The lowest BCUT2D eigenvalue weighted by molar-refractivity contribution is -0.157. The summed E-state index contributed by atoms with van der Waals surface area (Å²) in [7, 11) is 1.58. The lowest BCUT2D eigenvalue weighted by Gasteiger charge is -2.31. The Bertz CT molecular complexity index is 1250. The molecule has 2 aliphatic rings. The molecule has 1 aromatic heterocycles. The fraction of sp³-hybridized carbons (Fsp3) is 0.600. The second kappa shape index (κ2) is 12.6. The third kappa shape index (κ3) is 8.37. The highest BCUT2D eigenvalue weighted by molar-refractivity contribution is 5.73. The zero-order valence-corrected chi connectivity index (χ0v) is 25.5. The van der Waals surface area contributed by atoms with Crippen molar-refractivity contribution in [3.05, 3.63) is 48.0 Å². The van der Waals surface area contributed by atoms with Gasteiger partial charge in [-0.1, -0.05) is 12.1 Å². The number of aromatic nitrogens is 2. The highest BCUT2D eigenvalue weighted by atomic mass is 16.7. The molecule has 3 atom stereocenters. The number of nitrogens with zero attached hydrogens (tertiary/aromatic N) is 4. The number of methoxy groups -OCH3 is 1. The molecule has 1 aromatic carbocycles. The molecule has 12 nitrogen and oxygen atoms in total. The van der Waals surface area contributed by atoms with E-state index in [0.29, 0.717) is 31.8 Å². The van der Waals surface area contributed by atoms with Crippen molar-refractivity contribution in [2.45, 2.75) is 90.5 Å². The molecule has 0 saturated carbocycles. The van der Waals surface area contributed by atoms with E-state index in [2.05, 4.69) is 4.98 Å². The first kappa shape index (κ1) is 31.1. The van der Waals surface area contributed by atoms with E-state index in [9.17, 15) is 14.4 Å². The molecule has 0 radical (unpaired) electrons. The molecule has 2 aliphatic heterocycles. The summed E-state index contributed by atoms with van der Waals surface area (Å²) in [6.07, 6.45) is 0.522. The van der Waals surface area contributed by atoms with Crippen molar-refractivity contribution in [2.75, 3.05) is 26.7 Å². The van der Waals surface area contributed by atoms with Gasteiger partial charge < -0.3 is 28.3 Å². The molecule has 0 bridgehead atoms.